The number of carbonyl (C=O) groups excluding carboxylic acids is 1. The van der Waals surface area contributed by atoms with E-state index in [0.29, 0.717) is 11.6 Å². The van der Waals surface area contributed by atoms with Crippen molar-refractivity contribution in [3.63, 3.8) is 0 Å². The fourth-order valence-electron chi connectivity index (χ4n) is 3.91. The first-order valence-corrected chi connectivity index (χ1v) is 9.10. The molecule has 4 rings (SSSR count). The molecule has 1 aromatic carbocycles. The molecule has 1 N–H and O–H groups in total. The lowest BCUT2D eigenvalue weighted by atomic mass is 9.78. The Balaban J connectivity index is 1.46. The Kier molecular flexibility index (Phi) is 4.25. The molecule has 6 heteroatoms. The summed E-state index contributed by atoms with van der Waals surface area (Å²) in [6, 6.07) is 9.71. The molecule has 2 heterocycles. The number of hydrogen-bond acceptors (Lipinski definition) is 2. The van der Waals surface area contributed by atoms with E-state index in [0.717, 1.165) is 43.4 Å². The van der Waals surface area contributed by atoms with Gasteiger partial charge in [0.1, 0.15) is 5.65 Å². The fraction of sp³-hybridized carbons (Fsp3) is 0.368. The topological polar surface area (TPSA) is 51.3 Å². The van der Waals surface area contributed by atoms with Crippen LogP contribution in [0.1, 0.15) is 31.2 Å². The third-order valence-corrected chi connectivity index (χ3v) is 5.51. The van der Waals surface area contributed by atoms with Crippen LogP contribution in [0.3, 0.4) is 0 Å². The van der Waals surface area contributed by atoms with Crippen LogP contribution in [-0.4, -0.2) is 26.6 Å². The van der Waals surface area contributed by atoms with Gasteiger partial charge in [0.15, 0.2) is 0 Å². The molecule has 3 aromatic rings. The van der Waals surface area contributed by atoms with Gasteiger partial charge >= 0.3 is 0 Å². The highest BCUT2D eigenvalue weighted by Crippen LogP contribution is 2.41. The van der Waals surface area contributed by atoms with E-state index in [1.165, 1.54) is 0 Å². The summed E-state index contributed by atoms with van der Waals surface area (Å²) in [4.78, 5) is 13.0. The summed E-state index contributed by atoms with van der Waals surface area (Å²) in [5.41, 5.74) is 1.70. The summed E-state index contributed by atoms with van der Waals surface area (Å²) in [6.45, 7) is 1.33. The standard InChI is InChI=1S/C19H21ClN4O/c20-16-5-3-15(4-6-16)19(8-1-2-9-19)18(25)21-11-12-23-13-14-24-17(23)7-10-22-24/h3-7,10,13-14H,1-2,8-9,11-12H2,(H,21,25). The Labute approximate surface area is 151 Å². The van der Waals surface area contributed by atoms with E-state index in [2.05, 4.69) is 15.0 Å². The van der Waals surface area contributed by atoms with Crippen molar-refractivity contribution < 1.29 is 4.79 Å². The summed E-state index contributed by atoms with van der Waals surface area (Å²) in [6.07, 6.45) is 9.66. The highest BCUT2D eigenvalue weighted by atomic mass is 35.5. The maximum atomic E-state index is 13.0. The van der Waals surface area contributed by atoms with Gasteiger partial charge in [-0.15, -0.1) is 0 Å². The van der Waals surface area contributed by atoms with Crippen LogP contribution in [-0.2, 0) is 16.8 Å². The van der Waals surface area contributed by atoms with Gasteiger partial charge in [0.2, 0.25) is 5.91 Å². The minimum Gasteiger partial charge on any atom is -0.354 e. The van der Waals surface area contributed by atoms with Crippen molar-refractivity contribution in [2.24, 2.45) is 0 Å². The average Bonchev–Trinajstić information content (AvgIpc) is 3.33. The van der Waals surface area contributed by atoms with Crippen molar-refractivity contribution >= 4 is 23.2 Å². The first-order valence-electron chi connectivity index (χ1n) is 8.72. The van der Waals surface area contributed by atoms with E-state index in [9.17, 15) is 4.79 Å². The van der Waals surface area contributed by atoms with Crippen LogP contribution in [0.2, 0.25) is 5.02 Å². The van der Waals surface area contributed by atoms with Crippen LogP contribution in [0, 0.1) is 0 Å². The molecule has 0 spiro atoms. The Morgan fingerprint density at radius 1 is 1.16 bits per heavy atom. The number of fused-ring (bicyclic) bond motifs is 1. The fourth-order valence-corrected chi connectivity index (χ4v) is 4.04. The highest BCUT2D eigenvalue weighted by Gasteiger charge is 2.42. The van der Waals surface area contributed by atoms with Gasteiger partial charge in [0, 0.05) is 36.6 Å². The van der Waals surface area contributed by atoms with Crippen LogP contribution in [0.5, 0.6) is 0 Å². The van der Waals surface area contributed by atoms with Crippen molar-refractivity contribution in [1.29, 1.82) is 0 Å². The Bertz CT molecular complexity index is 874. The van der Waals surface area contributed by atoms with E-state index in [4.69, 9.17) is 11.6 Å². The minimum atomic E-state index is -0.410. The highest BCUT2D eigenvalue weighted by molar-refractivity contribution is 6.30. The van der Waals surface area contributed by atoms with Gasteiger partial charge in [-0.05, 0) is 30.5 Å². The SMILES string of the molecule is O=C(NCCn1ccn2nccc12)C1(c2ccc(Cl)cc2)CCCC1. The zero-order chi connectivity index (χ0) is 17.3. The van der Waals surface area contributed by atoms with Gasteiger partial charge in [-0.2, -0.15) is 5.10 Å². The normalized spacial score (nSPS) is 16.4. The first-order chi connectivity index (χ1) is 12.2. The van der Waals surface area contributed by atoms with E-state index in [-0.39, 0.29) is 5.91 Å². The Hall–Kier alpha value is -2.27. The maximum absolute atomic E-state index is 13.0. The molecule has 1 fully saturated rings. The molecule has 2 aromatic heterocycles. The second-order valence-electron chi connectivity index (χ2n) is 6.68. The van der Waals surface area contributed by atoms with Crippen molar-refractivity contribution in [1.82, 2.24) is 19.5 Å². The summed E-state index contributed by atoms with van der Waals surface area (Å²) in [5, 5.41) is 8.06. The minimum absolute atomic E-state index is 0.129. The molecule has 1 saturated carbocycles. The molecule has 0 radical (unpaired) electrons. The number of carbonyl (C=O) groups is 1. The number of nitrogens with one attached hydrogen (secondary N) is 1. The maximum Gasteiger partial charge on any atom is 0.230 e. The van der Waals surface area contributed by atoms with Crippen LogP contribution < -0.4 is 5.32 Å². The van der Waals surface area contributed by atoms with Gasteiger partial charge < -0.3 is 9.88 Å². The second kappa shape index (κ2) is 6.56. The molecule has 0 unspecified atom stereocenters. The number of halogens is 1. The Morgan fingerprint density at radius 3 is 2.68 bits per heavy atom. The lowest BCUT2D eigenvalue weighted by Gasteiger charge is -2.28. The molecule has 0 bridgehead atoms. The summed E-state index contributed by atoms with van der Waals surface area (Å²) >= 11 is 6.01. The smallest absolute Gasteiger partial charge is 0.230 e. The predicted molar refractivity (Wildman–Crippen MR) is 97.8 cm³/mol. The molecule has 0 aliphatic heterocycles. The molecule has 1 aliphatic carbocycles. The van der Waals surface area contributed by atoms with Crippen molar-refractivity contribution in [2.45, 2.75) is 37.6 Å². The number of benzene rings is 1. The molecular formula is C19H21ClN4O. The zero-order valence-electron chi connectivity index (χ0n) is 14.0. The summed E-state index contributed by atoms with van der Waals surface area (Å²) in [5.74, 6) is 0.129. The van der Waals surface area contributed by atoms with E-state index >= 15 is 0 Å². The number of nitrogens with zero attached hydrogens (tertiary/aromatic N) is 3. The summed E-state index contributed by atoms with van der Waals surface area (Å²) in [7, 11) is 0. The Morgan fingerprint density at radius 2 is 1.92 bits per heavy atom. The molecular weight excluding hydrogens is 336 g/mol. The number of aromatic nitrogens is 3. The van der Waals surface area contributed by atoms with Gasteiger partial charge in [-0.3, -0.25) is 4.79 Å². The molecule has 5 nitrogen and oxygen atoms in total. The molecule has 0 saturated heterocycles. The second-order valence-corrected chi connectivity index (χ2v) is 7.11. The lowest BCUT2D eigenvalue weighted by Crippen LogP contribution is -2.43. The quantitative estimate of drug-likeness (QED) is 0.761. The number of rotatable bonds is 5. The number of imidazole rings is 1. The molecule has 25 heavy (non-hydrogen) atoms. The van der Waals surface area contributed by atoms with Gasteiger partial charge in [0.25, 0.3) is 0 Å². The third-order valence-electron chi connectivity index (χ3n) is 5.26. The van der Waals surface area contributed by atoms with Crippen LogP contribution in [0.25, 0.3) is 5.65 Å². The van der Waals surface area contributed by atoms with Crippen molar-refractivity contribution in [3.05, 3.63) is 59.5 Å². The first kappa shape index (κ1) is 16.2. The number of hydrogen-bond donors (Lipinski definition) is 1. The van der Waals surface area contributed by atoms with Crippen LogP contribution >= 0.6 is 11.6 Å². The third kappa shape index (κ3) is 2.93. The van der Waals surface area contributed by atoms with Crippen molar-refractivity contribution in [3.8, 4) is 0 Å². The van der Waals surface area contributed by atoms with E-state index in [1.54, 1.807) is 6.20 Å². The lowest BCUT2D eigenvalue weighted by molar-refractivity contribution is -0.126. The van der Waals surface area contributed by atoms with E-state index in [1.807, 2.05) is 47.2 Å². The molecule has 1 aliphatic rings. The largest absolute Gasteiger partial charge is 0.354 e. The monoisotopic (exact) mass is 356 g/mol. The van der Waals surface area contributed by atoms with Crippen LogP contribution in [0.4, 0.5) is 0 Å². The van der Waals surface area contributed by atoms with E-state index < -0.39 is 5.41 Å². The molecule has 130 valence electrons. The van der Waals surface area contributed by atoms with Crippen LogP contribution in [0.15, 0.2) is 48.9 Å². The summed E-state index contributed by atoms with van der Waals surface area (Å²) < 4.78 is 3.92. The number of amides is 1. The average molecular weight is 357 g/mol. The predicted octanol–water partition coefficient (Wildman–Crippen LogP) is 3.42. The van der Waals surface area contributed by atoms with Gasteiger partial charge in [0.05, 0.1) is 11.6 Å². The molecule has 1 amide bonds. The van der Waals surface area contributed by atoms with Gasteiger partial charge in [-0.25, -0.2) is 4.52 Å². The molecule has 0 atom stereocenters. The zero-order valence-corrected chi connectivity index (χ0v) is 14.7. The van der Waals surface area contributed by atoms with Crippen molar-refractivity contribution in [2.75, 3.05) is 6.54 Å². The van der Waals surface area contributed by atoms with Gasteiger partial charge in [-0.1, -0.05) is 36.6 Å².